The predicted octanol–water partition coefficient (Wildman–Crippen LogP) is 5.03. The lowest BCUT2D eigenvalue weighted by Crippen LogP contribution is -2.16. The fraction of sp³-hybridized carbons (Fsp3) is 0.138. The SMILES string of the molecule is Cc1nn(-c2ccccc2)c2c1[C@@H](c1ccc(N(C)C)cc1)c1c(ncn3nc(-c4ccncc4)nc13)O2. The highest BCUT2D eigenvalue weighted by molar-refractivity contribution is 5.69. The van der Waals surface area contributed by atoms with E-state index in [0.717, 1.165) is 39.3 Å². The molecule has 2 aromatic carbocycles. The Hall–Kier alpha value is -5.05. The van der Waals surface area contributed by atoms with E-state index in [1.165, 1.54) is 0 Å². The van der Waals surface area contributed by atoms with Crippen molar-refractivity contribution in [2.75, 3.05) is 19.0 Å². The van der Waals surface area contributed by atoms with Crippen LogP contribution in [0.3, 0.4) is 0 Å². The topological polar surface area (TPSA) is 86.3 Å². The van der Waals surface area contributed by atoms with Gasteiger partial charge in [-0.25, -0.2) is 19.2 Å². The van der Waals surface area contributed by atoms with Gasteiger partial charge < -0.3 is 9.64 Å². The highest BCUT2D eigenvalue weighted by Crippen LogP contribution is 2.49. The second-order valence-electron chi connectivity index (χ2n) is 9.48. The summed E-state index contributed by atoms with van der Waals surface area (Å²) in [6.45, 7) is 2.02. The van der Waals surface area contributed by atoms with Crippen LogP contribution < -0.4 is 9.64 Å². The van der Waals surface area contributed by atoms with Crippen molar-refractivity contribution in [3.8, 4) is 28.8 Å². The van der Waals surface area contributed by atoms with E-state index in [2.05, 4.69) is 34.1 Å². The van der Waals surface area contributed by atoms with Gasteiger partial charge in [0.15, 0.2) is 11.5 Å². The summed E-state index contributed by atoms with van der Waals surface area (Å²) in [6.07, 6.45) is 5.13. The lowest BCUT2D eigenvalue weighted by Gasteiger charge is -2.26. The molecule has 186 valence electrons. The lowest BCUT2D eigenvalue weighted by atomic mass is 9.84. The maximum Gasteiger partial charge on any atom is 0.230 e. The van der Waals surface area contributed by atoms with Crippen LogP contribution in [-0.2, 0) is 0 Å². The van der Waals surface area contributed by atoms with Crippen molar-refractivity contribution in [1.29, 1.82) is 0 Å². The molecule has 0 unspecified atom stereocenters. The minimum absolute atomic E-state index is 0.201. The van der Waals surface area contributed by atoms with Crippen LogP contribution in [-0.4, -0.2) is 48.4 Å². The van der Waals surface area contributed by atoms with Crippen LogP contribution in [0.25, 0.3) is 22.7 Å². The van der Waals surface area contributed by atoms with Gasteiger partial charge in [0, 0.05) is 37.7 Å². The second kappa shape index (κ2) is 8.52. The van der Waals surface area contributed by atoms with E-state index < -0.39 is 0 Å². The third kappa shape index (κ3) is 3.43. The van der Waals surface area contributed by atoms with Gasteiger partial charge in [0.25, 0.3) is 0 Å². The first-order valence-electron chi connectivity index (χ1n) is 12.3. The molecule has 1 aliphatic rings. The molecule has 1 aliphatic heterocycles. The van der Waals surface area contributed by atoms with Gasteiger partial charge in [-0.05, 0) is 48.9 Å². The number of aromatic nitrogens is 7. The van der Waals surface area contributed by atoms with Gasteiger partial charge in [0.2, 0.25) is 11.8 Å². The van der Waals surface area contributed by atoms with Crippen molar-refractivity contribution in [2.24, 2.45) is 0 Å². The van der Waals surface area contributed by atoms with Crippen molar-refractivity contribution < 1.29 is 4.74 Å². The fourth-order valence-electron chi connectivity index (χ4n) is 5.04. The van der Waals surface area contributed by atoms with Gasteiger partial charge >= 0.3 is 0 Å². The van der Waals surface area contributed by atoms with E-state index in [0.29, 0.717) is 23.2 Å². The van der Waals surface area contributed by atoms with E-state index in [1.807, 2.05) is 68.2 Å². The molecule has 9 nitrogen and oxygen atoms in total. The van der Waals surface area contributed by atoms with Gasteiger partial charge in [-0.1, -0.05) is 30.3 Å². The van der Waals surface area contributed by atoms with Crippen LogP contribution in [0.15, 0.2) is 85.5 Å². The first kappa shape index (κ1) is 22.2. The quantitative estimate of drug-likeness (QED) is 0.335. The number of ether oxygens (including phenoxy) is 1. The average Bonchev–Trinajstić information content (AvgIpc) is 3.54. The average molecular weight is 501 g/mol. The van der Waals surface area contributed by atoms with Crippen molar-refractivity contribution in [2.45, 2.75) is 12.8 Å². The van der Waals surface area contributed by atoms with Gasteiger partial charge in [-0.15, -0.1) is 5.10 Å². The molecule has 0 spiro atoms. The zero-order valence-corrected chi connectivity index (χ0v) is 21.1. The lowest BCUT2D eigenvalue weighted by molar-refractivity contribution is 0.402. The van der Waals surface area contributed by atoms with Gasteiger partial charge in [0.05, 0.1) is 28.4 Å². The molecule has 6 aromatic rings. The fourth-order valence-corrected chi connectivity index (χ4v) is 5.04. The minimum Gasteiger partial charge on any atom is -0.420 e. The van der Waals surface area contributed by atoms with Gasteiger partial charge in [-0.3, -0.25) is 4.98 Å². The predicted molar refractivity (Wildman–Crippen MR) is 144 cm³/mol. The molecule has 7 rings (SSSR count). The molecule has 0 radical (unpaired) electrons. The number of aryl methyl sites for hydroxylation is 1. The Morgan fingerprint density at radius 3 is 2.37 bits per heavy atom. The Bertz CT molecular complexity index is 1770. The Balaban J connectivity index is 1.48. The minimum atomic E-state index is -0.201. The number of benzene rings is 2. The number of anilines is 1. The summed E-state index contributed by atoms with van der Waals surface area (Å²) in [4.78, 5) is 15.9. The molecular formula is C29H24N8O. The molecule has 0 N–H and O–H groups in total. The summed E-state index contributed by atoms with van der Waals surface area (Å²) in [5, 5.41) is 9.63. The molecule has 0 aliphatic carbocycles. The van der Waals surface area contributed by atoms with Crippen molar-refractivity contribution in [3.05, 3.63) is 108 Å². The van der Waals surface area contributed by atoms with E-state index in [4.69, 9.17) is 24.9 Å². The Morgan fingerprint density at radius 2 is 1.63 bits per heavy atom. The maximum atomic E-state index is 6.51. The number of hydrogen-bond donors (Lipinski definition) is 0. The smallest absolute Gasteiger partial charge is 0.230 e. The molecule has 0 amide bonds. The number of pyridine rings is 1. The van der Waals surface area contributed by atoms with E-state index in [1.54, 1.807) is 23.2 Å². The van der Waals surface area contributed by atoms with Crippen molar-refractivity contribution in [3.63, 3.8) is 0 Å². The number of nitrogens with zero attached hydrogens (tertiary/aromatic N) is 8. The summed E-state index contributed by atoms with van der Waals surface area (Å²) >= 11 is 0. The number of para-hydroxylation sites is 1. The van der Waals surface area contributed by atoms with Crippen molar-refractivity contribution >= 4 is 11.3 Å². The molecule has 4 aromatic heterocycles. The zero-order chi connectivity index (χ0) is 25.8. The summed E-state index contributed by atoms with van der Waals surface area (Å²) in [5.74, 6) is 1.56. The normalized spacial score (nSPS) is 14.1. The Kier molecular flexibility index (Phi) is 4.97. The molecule has 9 heteroatoms. The highest BCUT2D eigenvalue weighted by atomic mass is 16.5. The first-order chi connectivity index (χ1) is 18.6. The van der Waals surface area contributed by atoms with Crippen LogP contribution in [0.4, 0.5) is 5.69 Å². The van der Waals surface area contributed by atoms with Crippen LogP contribution in [0.1, 0.15) is 28.3 Å². The highest BCUT2D eigenvalue weighted by Gasteiger charge is 2.38. The summed E-state index contributed by atoms with van der Waals surface area (Å²) in [5.41, 5.74) is 7.45. The van der Waals surface area contributed by atoms with Crippen LogP contribution in [0.5, 0.6) is 11.8 Å². The van der Waals surface area contributed by atoms with Crippen LogP contribution >= 0.6 is 0 Å². The molecule has 0 fully saturated rings. The second-order valence-corrected chi connectivity index (χ2v) is 9.48. The molecule has 0 bridgehead atoms. The molecule has 0 saturated heterocycles. The molecular weight excluding hydrogens is 476 g/mol. The summed E-state index contributed by atoms with van der Waals surface area (Å²) in [7, 11) is 4.07. The van der Waals surface area contributed by atoms with Crippen LogP contribution in [0, 0.1) is 6.92 Å². The number of hydrogen-bond acceptors (Lipinski definition) is 7. The van der Waals surface area contributed by atoms with E-state index >= 15 is 0 Å². The molecule has 1 atom stereocenters. The first-order valence-corrected chi connectivity index (χ1v) is 12.3. The number of rotatable bonds is 4. The van der Waals surface area contributed by atoms with Gasteiger partial charge in [0.1, 0.15) is 6.33 Å². The molecule has 5 heterocycles. The largest absolute Gasteiger partial charge is 0.420 e. The zero-order valence-electron chi connectivity index (χ0n) is 21.1. The number of fused-ring (bicyclic) bond motifs is 4. The summed E-state index contributed by atoms with van der Waals surface area (Å²) < 4.78 is 10.1. The van der Waals surface area contributed by atoms with Crippen molar-refractivity contribution in [1.82, 2.24) is 34.3 Å². The third-order valence-corrected chi connectivity index (χ3v) is 6.90. The summed E-state index contributed by atoms with van der Waals surface area (Å²) in [6, 6.07) is 22.4. The standard InChI is InChI=1S/C29H24N8O/c1-18-23-24(19-9-11-21(12-10-19)35(2)3)25-27-32-26(20-13-15-30-16-14-20)34-36(27)17-31-28(25)38-29(23)37(33-18)22-7-5-4-6-8-22/h4-17,24H,1-3H3/t24-/m1/s1. The Morgan fingerprint density at radius 1 is 0.868 bits per heavy atom. The molecule has 38 heavy (non-hydrogen) atoms. The van der Waals surface area contributed by atoms with E-state index in [-0.39, 0.29) is 5.92 Å². The van der Waals surface area contributed by atoms with Gasteiger partial charge in [-0.2, -0.15) is 5.10 Å². The molecule has 0 saturated carbocycles. The Labute approximate surface area is 219 Å². The van der Waals surface area contributed by atoms with Crippen LogP contribution in [0.2, 0.25) is 0 Å². The maximum absolute atomic E-state index is 6.51. The monoisotopic (exact) mass is 500 g/mol. The third-order valence-electron chi connectivity index (χ3n) is 6.90. The van der Waals surface area contributed by atoms with E-state index in [9.17, 15) is 0 Å².